The lowest BCUT2D eigenvalue weighted by molar-refractivity contribution is 0.0611. The summed E-state index contributed by atoms with van der Waals surface area (Å²) in [6, 6.07) is 15.0. The Kier molecular flexibility index (Phi) is 6.40. The molecule has 2 aromatic carbocycles. The van der Waals surface area contributed by atoms with Crippen LogP contribution in [0.5, 0.6) is 5.75 Å². The molecule has 0 spiro atoms. The molecule has 5 heteroatoms. The molecule has 0 aliphatic carbocycles. The maximum absolute atomic E-state index is 5.56. The third-order valence-corrected chi connectivity index (χ3v) is 6.80. The molecule has 1 fully saturated rings. The molecule has 3 aromatic rings. The second-order valence-electron chi connectivity index (χ2n) is 9.14. The van der Waals surface area contributed by atoms with Gasteiger partial charge in [0, 0.05) is 35.8 Å². The Morgan fingerprint density at radius 3 is 2.50 bits per heavy atom. The van der Waals surface area contributed by atoms with Gasteiger partial charge in [0.1, 0.15) is 11.6 Å². The van der Waals surface area contributed by atoms with Crippen LogP contribution in [-0.2, 0) is 22.4 Å². The van der Waals surface area contributed by atoms with Crippen LogP contribution >= 0.6 is 11.8 Å². The van der Waals surface area contributed by atoms with Gasteiger partial charge in [-0.15, -0.1) is 11.8 Å². The molecule has 4 nitrogen and oxygen atoms in total. The Balaban J connectivity index is 1.57. The molecule has 0 unspecified atom stereocenters. The molecule has 0 saturated carbocycles. The zero-order chi connectivity index (χ0) is 21.1. The minimum atomic E-state index is 0.0145. The van der Waals surface area contributed by atoms with Gasteiger partial charge in [-0.05, 0) is 54.7 Å². The number of hydrogen-bond donors (Lipinski definition) is 0. The van der Waals surface area contributed by atoms with Crippen LogP contribution in [0.3, 0.4) is 0 Å². The zero-order valence-corrected chi connectivity index (χ0v) is 19.3. The summed E-state index contributed by atoms with van der Waals surface area (Å²) < 4.78 is 13.3. The van der Waals surface area contributed by atoms with E-state index in [1.165, 1.54) is 21.8 Å². The Morgan fingerprint density at radius 2 is 1.83 bits per heavy atom. The van der Waals surface area contributed by atoms with E-state index in [0.717, 1.165) is 49.6 Å². The number of benzene rings is 2. The van der Waals surface area contributed by atoms with Crippen molar-refractivity contribution in [3.63, 3.8) is 0 Å². The standard InChI is InChI=1S/C25H32N2O2S/c1-25(2,3)24-26-22-15-21(30-17-19-5-7-20(28-4)8-6-19)9-10-23(22)27(24)16-18-11-13-29-14-12-18/h5-10,15,18H,11-14,16-17H2,1-4H3. The first kappa shape index (κ1) is 21.3. The molecule has 2 heterocycles. The highest BCUT2D eigenvalue weighted by molar-refractivity contribution is 7.98. The summed E-state index contributed by atoms with van der Waals surface area (Å²) in [7, 11) is 1.70. The number of rotatable bonds is 6. The number of fused-ring (bicyclic) bond motifs is 1. The molecule has 0 atom stereocenters. The van der Waals surface area contributed by atoms with Gasteiger partial charge in [0.05, 0.1) is 18.1 Å². The van der Waals surface area contributed by atoms with Crippen molar-refractivity contribution in [2.24, 2.45) is 5.92 Å². The minimum Gasteiger partial charge on any atom is -0.497 e. The van der Waals surface area contributed by atoms with Crippen LogP contribution < -0.4 is 4.74 Å². The Hall–Kier alpha value is -1.98. The fourth-order valence-electron chi connectivity index (χ4n) is 4.03. The Labute approximate surface area is 184 Å². The maximum atomic E-state index is 5.56. The highest BCUT2D eigenvalue weighted by Gasteiger charge is 2.25. The van der Waals surface area contributed by atoms with Gasteiger partial charge < -0.3 is 14.0 Å². The summed E-state index contributed by atoms with van der Waals surface area (Å²) in [6.45, 7) is 9.57. The van der Waals surface area contributed by atoms with Crippen molar-refractivity contribution in [2.45, 2.75) is 56.2 Å². The maximum Gasteiger partial charge on any atom is 0.118 e. The van der Waals surface area contributed by atoms with Gasteiger partial charge in [0.15, 0.2) is 0 Å². The predicted octanol–water partition coefficient (Wildman–Crippen LogP) is 6.06. The van der Waals surface area contributed by atoms with Gasteiger partial charge in [-0.1, -0.05) is 32.9 Å². The average molecular weight is 425 g/mol. The van der Waals surface area contributed by atoms with Crippen molar-refractivity contribution >= 4 is 22.8 Å². The highest BCUT2D eigenvalue weighted by atomic mass is 32.2. The summed E-state index contributed by atoms with van der Waals surface area (Å²) in [5, 5.41) is 0. The van der Waals surface area contributed by atoms with Crippen LogP contribution in [0.4, 0.5) is 0 Å². The molecule has 1 aromatic heterocycles. The molecular weight excluding hydrogens is 392 g/mol. The van der Waals surface area contributed by atoms with Crippen LogP contribution in [-0.4, -0.2) is 29.9 Å². The highest BCUT2D eigenvalue weighted by Crippen LogP contribution is 2.32. The summed E-state index contributed by atoms with van der Waals surface area (Å²) in [5.41, 5.74) is 3.66. The average Bonchev–Trinajstić information content (AvgIpc) is 3.11. The summed E-state index contributed by atoms with van der Waals surface area (Å²) in [6.07, 6.45) is 2.28. The minimum absolute atomic E-state index is 0.0145. The van der Waals surface area contributed by atoms with E-state index in [2.05, 4.69) is 55.7 Å². The molecule has 160 valence electrons. The Bertz CT molecular complexity index is 983. The molecule has 1 aliphatic rings. The fraction of sp³-hybridized carbons (Fsp3) is 0.480. The summed E-state index contributed by atoms with van der Waals surface area (Å²) in [5.74, 6) is 3.68. The summed E-state index contributed by atoms with van der Waals surface area (Å²) in [4.78, 5) is 6.35. The van der Waals surface area contributed by atoms with Gasteiger partial charge in [-0.25, -0.2) is 4.98 Å². The van der Waals surface area contributed by atoms with Crippen molar-refractivity contribution in [1.82, 2.24) is 9.55 Å². The van der Waals surface area contributed by atoms with Crippen LogP contribution in [0.2, 0.25) is 0 Å². The van der Waals surface area contributed by atoms with Gasteiger partial charge in [0.25, 0.3) is 0 Å². The van der Waals surface area contributed by atoms with Crippen LogP contribution in [0.1, 0.15) is 45.0 Å². The second-order valence-corrected chi connectivity index (χ2v) is 10.2. The summed E-state index contributed by atoms with van der Waals surface area (Å²) >= 11 is 1.85. The lowest BCUT2D eigenvalue weighted by Crippen LogP contribution is -2.25. The Morgan fingerprint density at radius 1 is 1.10 bits per heavy atom. The van der Waals surface area contributed by atoms with Crippen LogP contribution in [0, 0.1) is 5.92 Å². The van der Waals surface area contributed by atoms with Crippen molar-refractivity contribution in [2.75, 3.05) is 20.3 Å². The van der Waals surface area contributed by atoms with Gasteiger partial charge in [-0.2, -0.15) is 0 Å². The number of thioether (sulfide) groups is 1. The lowest BCUT2D eigenvalue weighted by Gasteiger charge is -2.26. The van der Waals surface area contributed by atoms with E-state index in [1.54, 1.807) is 7.11 Å². The van der Waals surface area contributed by atoms with Crippen molar-refractivity contribution in [3.8, 4) is 5.75 Å². The number of aromatic nitrogens is 2. The monoisotopic (exact) mass is 424 g/mol. The van der Waals surface area contributed by atoms with E-state index in [9.17, 15) is 0 Å². The molecule has 30 heavy (non-hydrogen) atoms. The molecule has 1 aliphatic heterocycles. The van der Waals surface area contributed by atoms with Gasteiger partial charge in [0.2, 0.25) is 0 Å². The number of nitrogens with zero attached hydrogens (tertiary/aromatic N) is 2. The van der Waals surface area contributed by atoms with E-state index >= 15 is 0 Å². The number of ether oxygens (including phenoxy) is 2. The first-order valence-electron chi connectivity index (χ1n) is 10.8. The zero-order valence-electron chi connectivity index (χ0n) is 18.5. The largest absolute Gasteiger partial charge is 0.497 e. The second kappa shape index (κ2) is 9.03. The smallest absolute Gasteiger partial charge is 0.118 e. The molecule has 0 amide bonds. The molecular formula is C25H32N2O2S. The molecule has 0 N–H and O–H groups in total. The van der Waals surface area contributed by atoms with Crippen LogP contribution in [0.25, 0.3) is 11.0 Å². The first-order valence-corrected chi connectivity index (χ1v) is 11.8. The van der Waals surface area contributed by atoms with E-state index in [-0.39, 0.29) is 5.41 Å². The quantitative estimate of drug-likeness (QED) is 0.451. The van der Waals surface area contributed by atoms with Crippen LogP contribution in [0.15, 0.2) is 47.4 Å². The molecule has 4 rings (SSSR count). The topological polar surface area (TPSA) is 36.3 Å². The number of imidazole rings is 1. The fourth-order valence-corrected chi connectivity index (χ4v) is 4.92. The third kappa shape index (κ3) is 4.84. The van der Waals surface area contributed by atoms with Crippen molar-refractivity contribution in [3.05, 3.63) is 53.9 Å². The van der Waals surface area contributed by atoms with E-state index in [4.69, 9.17) is 14.5 Å². The number of hydrogen-bond acceptors (Lipinski definition) is 4. The lowest BCUT2D eigenvalue weighted by atomic mass is 9.94. The normalized spacial score (nSPS) is 15.6. The van der Waals surface area contributed by atoms with Crippen molar-refractivity contribution < 1.29 is 9.47 Å². The molecule has 0 bridgehead atoms. The first-order chi connectivity index (χ1) is 14.4. The SMILES string of the molecule is COc1ccc(CSc2ccc3c(c2)nc(C(C)(C)C)n3CC2CCOCC2)cc1. The van der Waals surface area contributed by atoms with Gasteiger partial charge in [-0.3, -0.25) is 0 Å². The number of methoxy groups -OCH3 is 1. The van der Waals surface area contributed by atoms with Crippen molar-refractivity contribution in [1.29, 1.82) is 0 Å². The van der Waals surface area contributed by atoms with E-state index < -0.39 is 0 Å². The van der Waals surface area contributed by atoms with Gasteiger partial charge >= 0.3 is 0 Å². The molecule has 0 radical (unpaired) electrons. The van der Waals surface area contributed by atoms with E-state index in [0.29, 0.717) is 5.92 Å². The predicted molar refractivity (Wildman–Crippen MR) is 125 cm³/mol. The molecule has 1 saturated heterocycles. The third-order valence-electron chi connectivity index (χ3n) is 5.74. The van der Waals surface area contributed by atoms with E-state index in [1.807, 2.05) is 23.9 Å².